The first-order valence-electron chi connectivity index (χ1n) is 12.0. The fourth-order valence-electron chi connectivity index (χ4n) is 4.14. The van der Waals surface area contributed by atoms with E-state index in [9.17, 15) is 18.4 Å². The third kappa shape index (κ3) is 5.92. The van der Waals surface area contributed by atoms with Crippen molar-refractivity contribution in [2.24, 2.45) is 0 Å². The molecule has 4 rings (SSSR count). The Balaban J connectivity index is 1.52. The molecule has 0 aliphatic rings. The molecule has 0 bridgehead atoms. The van der Waals surface area contributed by atoms with Crippen LogP contribution < -0.4 is 4.74 Å². The summed E-state index contributed by atoms with van der Waals surface area (Å²) < 4.78 is 39.7. The van der Waals surface area contributed by atoms with Crippen LogP contribution in [-0.2, 0) is 9.53 Å². The fourth-order valence-corrected chi connectivity index (χ4v) is 6.59. The van der Waals surface area contributed by atoms with Crippen molar-refractivity contribution >= 4 is 32.3 Å². The first-order chi connectivity index (χ1) is 17.9. The summed E-state index contributed by atoms with van der Waals surface area (Å²) in [4.78, 5) is 26.3. The molecule has 1 unspecified atom stereocenters. The summed E-state index contributed by atoms with van der Waals surface area (Å²) in [6, 6.07) is 16.1. The number of thiophene rings is 1. The van der Waals surface area contributed by atoms with E-state index in [0.29, 0.717) is 26.3 Å². The Morgan fingerprint density at radius 3 is 2.26 bits per heavy atom. The Morgan fingerprint density at radius 1 is 0.974 bits per heavy atom. The van der Waals surface area contributed by atoms with Gasteiger partial charge in [-0.25, -0.2) is 13.6 Å². The number of esters is 1. The maximum Gasteiger partial charge on any atom is 0.345 e. The molecular formula is C31H27F2O4S+. The summed E-state index contributed by atoms with van der Waals surface area (Å²) in [7, 11) is -0.866. The van der Waals surface area contributed by atoms with E-state index < -0.39 is 22.0 Å². The number of halogens is 2. The second-order valence-electron chi connectivity index (χ2n) is 9.45. The van der Waals surface area contributed by atoms with Crippen LogP contribution in [0.25, 0.3) is 15.0 Å². The molecule has 0 aliphatic carbocycles. The van der Waals surface area contributed by atoms with Crippen LogP contribution in [0.15, 0.2) is 60.7 Å². The summed E-state index contributed by atoms with van der Waals surface area (Å²) in [5.74, 6) is 4.87. The topological polar surface area (TPSA) is 52.6 Å². The molecule has 0 amide bonds. The van der Waals surface area contributed by atoms with Gasteiger partial charge in [-0.3, -0.25) is 4.79 Å². The highest BCUT2D eigenvalue weighted by molar-refractivity contribution is 7.46. The Bertz CT molecular complexity index is 1580. The van der Waals surface area contributed by atoms with Crippen molar-refractivity contribution in [2.75, 3.05) is 6.61 Å². The number of fused-ring (bicyclic) bond motifs is 1. The van der Waals surface area contributed by atoms with Gasteiger partial charge in [-0.15, -0.1) is 0 Å². The maximum absolute atomic E-state index is 14.8. The van der Waals surface area contributed by atoms with Gasteiger partial charge < -0.3 is 9.47 Å². The molecule has 1 atom stereocenters. The standard InChI is InChI=1S/C31H27F2O4S/c1-19-15-25(38-27(21(3)34)17-23-7-6-8-26(33)30(23)38)16-20(2)29(19)36-18-28(35)37-31(4,5)14-13-22-9-11-24(32)12-10-22/h6-12,15-17H,18H2,1-5H3/q+1. The average molecular weight is 534 g/mol. The molecule has 1 heterocycles. The van der Waals surface area contributed by atoms with Crippen LogP contribution in [-0.4, -0.2) is 24.0 Å². The molecule has 38 heavy (non-hydrogen) atoms. The number of carbonyl (C=O) groups is 2. The Hall–Kier alpha value is -4.02. The predicted molar refractivity (Wildman–Crippen MR) is 146 cm³/mol. The fraction of sp³-hybridized carbons (Fsp3) is 0.226. The summed E-state index contributed by atoms with van der Waals surface area (Å²) in [5.41, 5.74) is 1.03. The van der Waals surface area contributed by atoms with Crippen LogP contribution in [0.2, 0.25) is 0 Å². The zero-order valence-corrected chi connectivity index (χ0v) is 22.6. The maximum atomic E-state index is 14.8. The van der Waals surface area contributed by atoms with E-state index in [4.69, 9.17) is 9.47 Å². The number of ketones is 1. The monoisotopic (exact) mass is 533 g/mol. The normalized spacial score (nSPS) is 11.6. The molecule has 4 nitrogen and oxygen atoms in total. The van der Waals surface area contributed by atoms with Crippen LogP contribution in [0.1, 0.15) is 47.1 Å². The molecule has 1 aromatic heterocycles. The summed E-state index contributed by atoms with van der Waals surface area (Å²) in [6.45, 7) is 8.16. The lowest BCUT2D eigenvalue weighted by atomic mass is 10.1. The van der Waals surface area contributed by atoms with Crippen molar-refractivity contribution in [1.29, 1.82) is 0 Å². The number of hydrogen-bond donors (Lipinski definition) is 0. The molecule has 0 fully saturated rings. The van der Waals surface area contributed by atoms with Gasteiger partial charge in [0.25, 0.3) is 0 Å². The molecule has 0 aliphatic heterocycles. The lowest BCUT2D eigenvalue weighted by Crippen LogP contribution is -2.29. The lowest BCUT2D eigenvalue weighted by molar-refractivity contribution is -0.154. The first kappa shape index (κ1) is 27.0. The predicted octanol–water partition coefficient (Wildman–Crippen LogP) is 7.43. The van der Waals surface area contributed by atoms with Crippen molar-refractivity contribution < 1.29 is 27.8 Å². The van der Waals surface area contributed by atoms with E-state index in [2.05, 4.69) is 11.8 Å². The number of rotatable bonds is 6. The molecule has 0 saturated carbocycles. The number of aryl methyl sites for hydroxylation is 2. The summed E-state index contributed by atoms with van der Waals surface area (Å²) >= 11 is 0. The lowest BCUT2D eigenvalue weighted by Gasteiger charge is -2.19. The third-order valence-corrected chi connectivity index (χ3v) is 8.17. The molecule has 194 valence electrons. The first-order valence-corrected chi connectivity index (χ1v) is 13.2. The minimum atomic E-state index is -1.08. The molecule has 7 heteroatoms. The molecule has 0 saturated heterocycles. The van der Waals surface area contributed by atoms with Gasteiger partial charge in [-0.05, 0) is 75.2 Å². The summed E-state index contributed by atoms with van der Waals surface area (Å²) in [6.07, 6.45) is 0. The van der Waals surface area contributed by atoms with E-state index in [0.717, 1.165) is 16.0 Å². The highest BCUT2D eigenvalue weighted by Crippen LogP contribution is 2.47. The van der Waals surface area contributed by atoms with Gasteiger partial charge in [0, 0.05) is 46.5 Å². The van der Waals surface area contributed by atoms with Gasteiger partial charge in [-0.2, -0.15) is 0 Å². The van der Waals surface area contributed by atoms with Crippen molar-refractivity contribution in [3.05, 3.63) is 93.9 Å². The molecular weight excluding hydrogens is 506 g/mol. The highest BCUT2D eigenvalue weighted by Gasteiger charge is 2.30. The van der Waals surface area contributed by atoms with E-state index in [1.54, 1.807) is 38.1 Å². The van der Waals surface area contributed by atoms with Gasteiger partial charge in [-0.1, -0.05) is 17.9 Å². The largest absolute Gasteiger partial charge is 0.481 e. The second kappa shape index (κ2) is 10.8. The zero-order valence-electron chi connectivity index (χ0n) is 21.8. The quantitative estimate of drug-likeness (QED) is 0.112. The minimum absolute atomic E-state index is 0.104. The molecule has 4 aromatic rings. The van der Waals surface area contributed by atoms with E-state index in [1.165, 1.54) is 25.1 Å². The smallest absolute Gasteiger partial charge is 0.345 e. The highest BCUT2D eigenvalue weighted by atomic mass is 32.2. The van der Waals surface area contributed by atoms with Gasteiger partial charge in [0.2, 0.25) is 15.4 Å². The Morgan fingerprint density at radius 2 is 1.63 bits per heavy atom. The molecule has 3 aromatic carbocycles. The Kier molecular flexibility index (Phi) is 7.66. The van der Waals surface area contributed by atoms with Crippen LogP contribution in [0.3, 0.4) is 0 Å². The minimum Gasteiger partial charge on any atom is -0.481 e. The number of hydrogen-bond acceptors (Lipinski definition) is 4. The Labute approximate surface area is 223 Å². The van der Waals surface area contributed by atoms with Crippen LogP contribution in [0.5, 0.6) is 5.75 Å². The molecule has 0 spiro atoms. The van der Waals surface area contributed by atoms with Gasteiger partial charge in [0.1, 0.15) is 11.6 Å². The zero-order chi connectivity index (χ0) is 27.6. The summed E-state index contributed by atoms with van der Waals surface area (Å²) in [5, 5.41) is 0.710. The van der Waals surface area contributed by atoms with Gasteiger partial charge in [0.15, 0.2) is 22.9 Å². The number of benzene rings is 3. The SMILES string of the molecule is CC(=O)c1cc2cccc(F)c2[s+]1-c1cc(C)c(OCC(=O)OC(C)(C)C#Cc2ccc(F)cc2)c(C)c1. The van der Waals surface area contributed by atoms with Crippen LogP contribution >= 0.6 is 10.5 Å². The number of Topliss-reactive ketones (excluding diaryl/α,β-unsaturated/α-hetero) is 1. The van der Waals surface area contributed by atoms with Gasteiger partial charge in [0.05, 0.1) is 0 Å². The molecule has 0 radical (unpaired) electrons. The van der Waals surface area contributed by atoms with Crippen LogP contribution in [0.4, 0.5) is 8.78 Å². The van der Waals surface area contributed by atoms with Crippen molar-refractivity contribution in [3.8, 4) is 22.5 Å². The van der Waals surface area contributed by atoms with Crippen LogP contribution in [0, 0.1) is 37.3 Å². The van der Waals surface area contributed by atoms with E-state index in [1.807, 2.05) is 32.0 Å². The molecule has 0 N–H and O–H groups in total. The van der Waals surface area contributed by atoms with Gasteiger partial charge >= 0.3 is 5.97 Å². The second-order valence-corrected chi connectivity index (χ2v) is 11.4. The van der Waals surface area contributed by atoms with E-state index in [-0.39, 0.29) is 24.0 Å². The van der Waals surface area contributed by atoms with Crippen molar-refractivity contribution in [2.45, 2.75) is 40.2 Å². The van der Waals surface area contributed by atoms with E-state index >= 15 is 0 Å². The van der Waals surface area contributed by atoms with Crippen molar-refractivity contribution in [3.63, 3.8) is 0 Å². The number of ether oxygens (including phenoxy) is 2. The third-order valence-electron chi connectivity index (χ3n) is 5.78. The van der Waals surface area contributed by atoms with Crippen molar-refractivity contribution in [1.82, 2.24) is 0 Å². The average Bonchev–Trinajstić information content (AvgIpc) is 3.24. The number of carbonyl (C=O) groups excluding carboxylic acids is 2.